The molecule has 0 aliphatic carbocycles. The van der Waals surface area contributed by atoms with Crippen molar-refractivity contribution >= 4 is 16.7 Å². The van der Waals surface area contributed by atoms with Crippen molar-refractivity contribution in [2.24, 2.45) is 0 Å². The van der Waals surface area contributed by atoms with Crippen LogP contribution in [-0.2, 0) is 11.2 Å². The molecule has 2 aromatic heterocycles. The highest BCUT2D eigenvalue weighted by Gasteiger charge is 2.18. The van der Waals surface area contributed by atoms with E-state index in [1.165, 1.54) is 23.7 Å². The summed E-state index contributed by atoms with van der Waals surface area (Å²) < 4.78 is 23.0. The lowest BCUT2D eigenvalue weighted by atomic mass is 10.0. The lowest BCUT2D eigenvalue weighted by Crippen LogP contribution is -2.14. The molecule has 0 radical (unpaired) electrons. The maximum absolute atomic E-state index is 13.6. The van der Waals surface area contributed by atoms with Crippen LogP contribution in [0.3, 0.4) is 0 Å². The Balaban J connectivity index is 1.86. The molecule has 0 amide bonds. The minimum atomic E-state index is -0.301. The minimum Gasteiger partial charge on any atom is -0.384 e. The first kappa shape index (κ1) is 16.5. The third kappa shape index (κ3) is 4.12. The van der Waals surface area contributed by atoms with Crippen molar-refractivity contribution < 1.29 is 9.13 Å². The van der Waals surface area contributed by atoms with Gasteiger partial charge in [-0.05, 0) is 29.8 Å². The number of aromatic nitrogens is 3. The summed E-state index contributed by atoms with van der Waals surface area (Å²) in [5, 5.41) is 3.98. The van der Waals surface area contributed by atoms with Crippen molar-refractivity contribution in [3.05, 3.63) is 71.6 Å². The van der Waals surface area contributed by atoms with Crippen LogP contribution in [0.4, 0.5) is 9.52 Å². The van der Waals surface area contributed by atoms with Gasteiger partial charge in [-0.15, -0.1) is 0 Å². The number of ether oxygens (including phenoxy) is 1. The van der Waals surface area contributed by atoms with Crippen molar-refractivity contribution in [1.29, 1.82) is 0 Å². The van der Waals surface area contributed by atoms with Crippen molar-refractivity contribution in [2.45, 2.75) is 12.5 Å². The largest absolute Gasteiger partial charge is 0.384 e. The zero-order valence-corrected chi connectivity index (χ0v) is 14.0. The third-order valence-electron chi connectivity index (χ3n) is 3.43. The third-order valence-corrected chi connectivity index (χ3v) is 4.12. The molecule has 0 bridgehead atoms. The fourth-order valence-electron chi connectivity index (χ4n) is 2.29. The fourth-order valence-corrected chi connectivity index (χ4v) is 2.93. The number of methoxy groups -OCH3 is 1. The second kappa shape index (κ2) is 7.94. The molecule has 124 valence electrons. The molecule has 0 saturated heterocycles. The van der Waals surface area contributed by atoms with E-state index in [0.29, 0.717) is 18.2 Å². The molecule has 0 spiro atoms. The molecular weight excluding hydrogens is 327 g/mol. The zero-order valence-electron chi connectivity index (χ0n) is 13.1. The number of anilines is 1. The molecule has 1 atom stereocenters. The zero-order chi connectivity index (χ0) is 16.8. The van der Waals surface area contributed by atoms with Crippen LogP contribution >= 0.6 is 11.5 Å². The number of nitrogens with one attached hydrogen (secondary N) is 1. The number of pyridine rings is 1. The van der Waals surface area contributed by atoms with Crippen molar-refractivity contribution in [3.8, 4) is 0 Å². The summed E-state index contributed by atoms with van der Waals surface area (Å²) in [6.07, 6.45) is 2.37. The highest BCUT2D eigenvalue weighted by atomic mass is 32.1. The number of benzene rings is 1. The number of rotatable bonds is 7. The van der Waals surface area contributed by atoms with Gasteiger partial charge in [0.2, 0.25) is 5.13 Å². The lowest BCUT2D eigenvalue weighted by Gasteiger charge is -2.18. The van der Waals surface area contributed by atoms with Gasteiger partial charge >= 0.3 is 0 Å². The smallest absolute Gasteiger partial charge is 0.203 e. The van der Waals surface area contributed by atoms with Crippen LogP contribution in [0.25, 0.3) is 0 Å². The van der Waals surface area contributed by atoms with Crippen molar-refractivity contribution in [2.75, 3.05) is 19.0 Å². The SMILES string of the molecule is COCCc1nsc(NC(c2cccc(F)c2)c2ccccn2)n1. The van der Waals surface area contributed by atoms with E-state index in [9.17, 15) is 4.39 Å². The van der Waals surface area contributed by atoms with Crippen LogP contribution in [0.2, 0.25) is 0 Å². The molecule has 3 rings (SSSR count). The first-order chi connectivity index (χ1) is 11.8. The molecule has 1 unspecified atom stereocenters. The summed E-state index contributed by atoms with van der Waals surface area (Å²) in [6, 6.07) is 11.8. The average molecular weight is 344 g/mol. The average Bonchev–Trinajstić information content (AvgIpc) is 3.06. The van der Waals surface area contributed by atoms with Gasteiger partial charge in [0.1, 0.15) is 11.6 Å². The molecule has 0 fully saturated rings. The molecule has 1 N–H and O–H groups in total. The standard InChI is InChI=1S/C17H17FN4OS/c1-23-10-8-15-20-17(24-22-15)21-16(14-7-2-3-9-19-14)12-5-4-6-13(18)11-12/h2-7,9,11,16H,8,10H2,1H3,(H,20,21,22). The second-order valence-corrected chi connectivity index (χ2v) is 5.90. The van der Waals surface area contributed by atoms with E-state index in [-0.39, 0.29) is 11.9 Å². The highest BCUT2D eigenvalue weighted by Crippen LogP contribution is 2.26. The fraction of sp³-hybridized carbons (Fsp3) is 0.235. The van der Waals surface area contributed by atoms with Gasteiger partial charge in [-0.3, -0.25) is 4.98 Å². The first-order valence-electron chi connectivity index (χ1n) is 7.50. The van der Waals surface area contributed by atoms with E-state index in [2.05, 4.69) is 19.7 Å². The van der Waals surface area contributed by atoms with E-state index >= 15 is 0 Å². The molecular formula is C17H17FN4OS. The molecule has 0 saturated carbocycles. The van der Waals surface area contributed by atoms with Gasteiger partial charge in [0.05, 0.1) is 18.3 Å². The van der Waals surface area contributed by atoms with Crippen molar-refractivity contribution in [1.82, 2.24) is 14.3 Å². The van der Waals surface area contributed by atoms with Gasteiger partial charge in [0.25, 0.3) is 0 Å². The summed E-state index contributed by atoms with van der Waals surface area (Å²) in [5.41, 5.74) is 1.57. The number of nitrogens with zero attached hydrogens (tertiary/aromatic N) is 3. The molecule has 1 aromatic carbocycles. The van der Waals surface area contributed by atoms with E-state index in [1.807, 2.05) is 24.3 Å². The molecule has 2 heterocycles. The van der Waals surface area contributed by atoms with Gasteiger partial charge in [0.15, 0.2) is 0 Å². The van der Waals surface area contributed by atoms with Gasteiger partial charge in [-0.2, -0.15) is 4.37 Å². The van der Waals surface area contributed by atoms with Crippen LogP contribution in [0.1, 0.15) is 23.1 Å². The Hall–Kier alpha value is -2.38. The monoisotopic (exact) mass is 344 g/mol. The van der Waals surface area contributed by atoms with Crippen LogP contribution in [0.5, 0.6) is 0 Å². The molecule has 3 aromatic rings. The predicted molar refractivity (Wildman–Crippen MR) is 91.6 cm³/mol. The van der Waals surface area contributed by atoms with E-state index in [1.54, 1.807) is 19.4 Å². The second-order valence-electron chi connectivity index (χ2n) is 5.15. The maximum Gasteiger partial charge on any atom is 0.203 e. The van der Waals surface area contributed by atoms with E-state index in [4.69, 9.17) is 4.74 Å². The highest BCUT2D eigenvalue weighted by molar-refractivity contribution is 7.09. The number of hydrogen-bond acceptors (Lipinski definition) is 6. The quantitative estimate of drug-likeness (QED) is 0.711. The lowest BCUT2D eigenvalue weighted by molar-refractivity contribution is 0.201. The van der Waals surface area contributed by atoms with Gasteiger partial charge in [-0.1, -0.05) is 18.2 Å². The normalized spacial score (nSPS) is 12.1. The van der Waals surface area contributed by atoms with Crippen molar-refractivity contribution in [3.63, 3.8) is 0 Å². The van der Waals surface area contributed by atoms with Gasteiger partial charge < -0.3 is 10.1 Å². The molecule has 24 heavy (non-hydrogen) atoms. The maximum atomic E-state index is 13.6. The minimum absolute atomic E-state index is 0.284. The Kier molecular flexibility index (Phi) is 5.45. The van der Waals surface area contributed by atoms with E-state index < -0.39 is 0 Å². The summed E-state index contributed by atoms with van der Waals surface area (Å²) in [5.74, 6) is 0.441. The molecule has 7 heteroatoms. The summed E-state index contributed by atoms with van der Waals surface area (Å²) in [4.78, 5) is 8.84. The number of hydrogen-bond donors (Lipinski definition) is 1. The molecule has 0 aliphatic rings. The van der Waals surface area contributed by atoms with Crippen LogP contribution in [-0.4, -0.2) is 28.1 Å². The molecule has 5 nitrogen and oxygen atoms in total. The van der Waals surface area contributed by atoms with Gasteiger partial charge in [0, 0.05) is 31.3 Å². The topological polar surface area (TPSA) is 59.9 Å². The van der Waals surface area contributed by atoms with Crippen LogP contribution in [0.15, 0.2) is 48.7 Å². The van der Waals surface area contributed by atoms with E-state index in [0.717, 1.165) is 17.1 Å². The summed E-state index contributed by atoms with van der Waals surface area (Å²) >= 11 is 1.27. The Morgan fingerprint density at radius 1 is 1.25 bits per heavy atom. The number of halogens is 1. The first-order valence-corrected chi connectivity index (χ1v) is 8.28. The van der Waals surface area contributed by atoms with Crippen LogP contribution in [0, 0.1) is 5.82 Å². The van der Waals surface area contributed by atoms with Gasteiger partial charge in [-0.25, -0.2) is 9.37 Å². The summed E-state index contributed by atoms with van der Waals surface area (Å²) in [6.45, 7) is 0.573. The predicted octanol–water partition coefficient (Wildman–Crippen LogP) is 3.46. The molecule has 0 aliphatic heterocycles. The van der Waals surface area contributed by atoms with Crippen LogP contribution < -0.4 is 5.32 Å². The summed E-state index contributed by atoms with van der Waals surface area (Å²) in [7, 11) is 1.65. The Labute approximate surface area is 143 Å². The Morgan fingerprint density at radius 3 is 2.92 bits per heavy atom. The Morgan fingerprint density at radius 2 is 2.17 bits per heavy atom. The Bertz CT molecular complexity index is 781.